The van der Waals surface area contributed by atoms with Crippen molar-refractivity contribution in [1.82, 2.24) is 10.2 Å². The Balaban J connectivity index is 1.98. The minimum absolute atomic E-state index is 0.169. The summed E-state index contributed by atoms with van der Waals surface area (Å²) in [4.78, 5) is 2.41. The maximum atomic E-state index is 13.4. The first-order valence-corrected chi connectivity index (χ1v) is 7.78. The van der Waals surface area contributed by atoms with Gasteiger partial charge in [-0.3, -0.25) is 4.90 Å². The first-order chi connectivity index (χ1) is 9.08. The lowest BCUT2D eigenvalue weighted by molar-refractivity contribution is 0.162. The molecule has 2 nitrogen and oxygen atoms in total. The molecule has 1 fully saturated rings. The second-order valence-electron chi connectivity index (χ2n) is 5.46. The maximum Gasteiger partial charge on any atom is 0.124 e. The number of rotatable bonds is 4. The van der Waals surface area contributed by atoms with Crippen LogP contribution in [0.5, 0.6) is 0 Å². The van der Waals surface area contributed by atoms with E-state index in [0.29, 0.717) is 12.0 Å². The summed E-state index contributed by atoms with van der Waals surface area (Å²) in [5.74, 6) is 0.514. The van der Waals surface area contributed by atoms with Crippen molar-refractivity contribution < 1.29 is 4.39 Å². The van der Waals surface area contributed by atoms with Crippen molar-refractivity contribution in [2.24, 2.45) is 5.92 Å². The third kappa shape index (κ3) is 4.26. The van der Waals surface area contributed by atoms with Gasteiger partial charge in [0.2, 0.25) is 0 Å². The zero-order chi connectivity index (χ0) is 13.8. The summed E-state index contributed by atoms with van der Waals surface area (Å²) in [7, 11) is 0. The predicted molar refractivity (Wildman–Crippen MR) is 80.6 cm³/mol. The van der Waals surface area contributed by atoms with Gasteiger partial charge in [-0.15, -0.1) is 0 Å². The van der Waals surface area contributed by atoms with Gasteiger partial charge in [0, 0.05) is 36.7 Å². The molecule has 2 rings (SSSR count). The maximum absolute atomic E-state index is 13.4. The Morgan fingerprint density at radius 1 is 1.47 bits per heavy atom. The van der Waals surface area contributed by atoms with Crippen molar-refractivity contribution >= 4 is 15.9 Å². The average molecular weight is 329 g/mol. The monoisotopic (exact) mass is 328 g/mol. The van der Waals surface area contributed by atoms with Gasteiger partial charge in [0.1, 0.15) is 5.82 Å². The van der Waals surface area contributed by atoms with E-state index in [4.69, 9.17) is 0 Å². The second kappa shape index (κ2) is 6.82. The number of nitrogens with zero attached hydrogens (tertiary/aromatic N) is 1. The van der Waals surface area contributed by atoms with E-state index in [1.165, 1.54) is 12.5 Å². The molecule has 19 heavy (non-hydrogen) atoms. The van der Waals surface area contributed by atoms with Crippen molar-refractivity contribution in [3.05, 3.63) is 34.1 Å². The summed E-state index contributed by atoms with van der Waals surface area (Å²) in [6.07, 6.45) is 1.19. The summed E-state index contributed by atoms with van der Waals surface area (Å²) in [5.41, 5.74) is 1.04. The first kappa shape index (κ1) is 14.9. The molecular weight excluding hydrogens is 307 g/mol. The van der Waals surface area contributed by atoms with Crippen LogP contribution in [-0.2, 0) is 6.54 Å². The number of benzene rings is 1. The molecule has 1 aromatic carbocycles. The number of hydrogen-bond donors (Lipinski definition) is 1. The molecule has 0 radical (unpaired) electrons. The molecule has 0 aliphatic carbocycles. The largest absolute Gasteiger partial charge is 0.311 e. The topological polar surface area (TPSA) is 15.3 Å². The lowest BCUT2D eigenvalue weighted by Crippen LogP contribution is -2.52. The van der Waals surface area contributed by atoms with E-state index in [-0.39, 0.29) is 5.82 Å². The van der Waals surface area contributed by atoms with Crippen LogP contribution >= 0.6 is 15.9 Å². The molecule has 0 amide bonds. The fourth-order valence-electron chi connectivity index (χ4n) is 2.61. The van der Waals surface area contributed by atoms with Crippen LogP contribution in [0.25, 0.3) is 0 Å². The van der Waals surface area contributed by atoms with Crippen molar-refractivity contribution in [1.29, 1.82) is 0 Å². The zero-order valence-electron chi connectivity index (χ0n) is 11.6. The molecule has 0 bridgehead atoms. The highest BCUT2D eigenvalue weighted by Crippen LogP contribution is 2.18. The van der Waals surface area contributed by atoms with Gasteiger partial charge in [-0.25, -0.2) is 4.39 Å². The average Bonchev–Trinajstić information content (AvgIpc) is 2.37. The minimum Gasteiger partial charge on any atom is -0.311 e. The smallest absolute Gasteiger partial charge is 0.124 e. The van der Waals surface area contributed by atoms with Crippen LogP contribution in [0.4, 0.5) is 4.39 Å². The molecule has 1 aromatic rings. The van der Waals surface area contributed by atoms with Gasteiger partial charge in [-0.2, -0.15) is 0 Å². The molecule has 0 saturated carbocycles. The van der Waals surface area contributed by atoms with Crippen molar-refractivity contribution in [3.63, 3.8) is 0 Å². The SMILES string of the molecule is CCC(C)C1CN(Cc2cc(F)cc(Br)c2)CCN1. The summed E-state index contributed by atoms with van der Waals surface area (Å²) < 4.78 is 14.2. The van der Waals surface area contributed by atoms with Gasteiger partial charge in [-0.05, 0) is 29.7 Å². The Morgan fingerprint density at radius 3 is 2.95 bits per heavy atom. The first-order valence-electron chi connectivity index (χ1n) is 6.99. The van der Waals surface area contributed by atoms with Gasteiger partial charge < -0.3 is 5.32 Å². The fourth-order valence-corrected chi connectivity index (χ4v) is 3.12. The molecule has 4 heteroatoms. The number of nitrogens with one attached hydrogen (secondary N) is 1. The van der Waals surface area contributed by atoms with Crippen molar-refractivity contribution in [3.8, 4) is 0 Å². The molecular formula is C15H22BrFN2. The van der Waals surface area contributed by atoms with Crippen LogP contribution in [0.3, 0.4) is 0 Å². The van der Waals surface area contributed by atoms with E-state index in [0.717, 1.165) is 36.2 Å². The zero-order valence-corrected chi connectivity index (χ0v) is 13.2. The molecule has 1 N–H and O–H groups in total. The molecule has 0 spiro atoms. The molecule has 1 heterocycles. The normalized spacial score (nSPS) is 22.4. The lowest BCUT2D eigenvalue weighted by atomic mass is 9.97. The predicted octanol–water partition coefficient (Wildman–Crippen LogP) is 3.41. The van der Waals surface area contributed by atoms with Crippen LogP contribution < -0.4 is 5.32 Å². The Bertz CT molecular complexity index is 404. The van der Waals surface area contributed by atoms with E-state index in [9.17, 15) is 4.39 Å². The van der Waals surface area contributed by atoms with Crippen LogP contribution in [0.1, 0.15) is 25.8 Å². The number of piperazine rings is 1. The van der Waals surface area contributed by atoms with Gasteiger partial charge in [-0.1, -0.05) is 36.2 Å². The van der Waals surface area contributed by atoms with Crippen LogP contribution in [0.2, 0.25) is 0 Å². The molecule has 106 valence electrons. The minimum atomic E-state index is -0.169. The number of hydrogen-bond acceptors (Lipinski definition) is 2. The van der Waals surface area contributed by atoms with Gasteiger partial charge in [0.25, 0.3) is 0 Å². The Hall–Kier alpha value is -0.450. The highest BCUT2D eigenvalue weighted by atomic mass is 79.9. The van der Waals surface area contributed by atoms with Gasteiger partial charge >= 0.3 is 0 Å². The van der Waals surface area contributed by atoms with E-state index < -0.39 is 0 Å². The summed E-state index contributed by atoms with van der Waals surface area (Å²) in [6, 6.07) is 5.69. The van der Waals surface area contributed by atoms with E-state index in [1.54, 1.807) is 6.07 Å². The fraction of sp³-hybridized carbons (Fsp3) is 0.600. The summed E-state index contributed by atoms with van der Waals surface area (Å²) in [6.45, 7) is 8.44. The summed E-state index contributed by atoms with van der Waals surface area (Å²) >= 11 is 3.35. The molecule has 2 atom stereocenters. The van der Waals surface area contributed by atoms with E-state index in [1.807, 2.05) is 6.07 Å². The molecule has 2 unspecified atom stereocenters. The molecule has 1 aliphatic heterocycles. The van der Waals surface area contributed by atoms with Crippen LogP contribution in [-0.4, -0.2) is 30.6 Å². The second-order valence-corrected chi connectivity index (χ2v) is 6.37. The van der Waals surface area contributed by atoms with Crippen molar-refractivity contribution in [2.75, 3.05) is 19.6 Å². The third-order valence-corrected chi connectivity index (χ3v) is 4.41. The highest BCUT2D eigenvalue weighted by Gasteiger charge is 2.23. The van der Waals surface area contributed by atoms with E-state index in [2.05, 4.69) is 40.0 Å². The summed E-state index contributed by atoms with van der Waals surface area (Å²) in [5, 5.41) is 3.58. The quantitative estimate of drug-likeness (QED) is 0.911. The number of halogens is 2. The molecule has 1 aliphatic rings. The molecule has 0 aromatic heterocycles. The van der Waals surface area contributed by atoms with Crippen molar-refractivity contribution in [2.45, 2.75) is 32.9 Å². The van der Waals surface area contributed by atoms with E-state index >= 15 is 0 Å². The van der Waals surface area contributed by atoms with Crippen LogP contribution in [0, 0.1) is 11.7 Å². The Labute approximate surface area is 123 Å². The standard InChI is InChI=1S/C15H22BrFN2/c1-3-11(2)15-10-19(5-4-18-15)9-12-6-13(16)8-14(17)7-12/h6-8,11,15,18H,3-5,9-10H2,1-2H3. The highest BCUT2D eigenvalue weighted by molar-refractivity contribution is 9.10. The van der Waals surface area contributed by atoms with Gasteiger partial charge in [0.05, 0.1) is 0 Å². The third-order valence-electron chi connectivity index (χ3n) is 3.95. The Morgan fingerprint density at radius 2 is 2.26 bits per heavy atom. The van der Waals surface area contributed by atoms with Gasteiger partial charge in [0.15, 0.2) is 0 Å². The lowest BCUT2D eigenvalue weighted by Gasteiger charge is -2.36. The Kier molecular flexibility index (Phi) is 5.37. The molecule has 1 saturated heterocycles. The van der Waals surface area contributed by atoms with Crippen LogP contribution in [0.15, 0.2) is 22.7 Å².